The Morgan fingerprint density at radius 1 is 1.08 bits per heavy atom. The van der Waals surface area contributed by atoms with E-state index in [9.17, 15) is 19.2 Å². The Morgan fingerprint density at radius 3 is 2.54 bits per heavy atom. The molecule has 4 rings (SSSR count). The average Bonchev–Trinajstić information content (AvgIpc) is 3.17. The Balaban J connectivity index is 1.16. The third kappa shape index (κ3) is 6.80. The number of piperazine rings is 1. The van der Waals surface area contributed by atoms with Crippen LogP contribution in [0.3, 0.4) is 0 Å². The monoisotopic (exact) mass is 513 g/mol. The molecule has 202 valence electrons. The molecule has 1 aromatic carbocycles. The van der Waals surface area contributed by atoms with Crippen molar-refractivity contribution < 1.29 is 23.9 Å². The lowest BCUT2D eigenvalue weighted by Crippen LogP contribution is -2.52. The first-order valence-corrected chi connectivity index (χ1v) is 13.3. The van der Waals surface area contributed by atoms with Gasteiger partial charge in [-0.2, -0.15) is 0 Å². The number of nitrogens with zero attached hydrogens (tertiary/aromatic N) is 3. The number of benzene rings is 1. The lowest BCUT2D eigenvalue weighted by molar-refractivity contribution is -0.136. The van der Waals surface area contributed by atoms with Gasteiger partial charge in [0.05, 0.1) is 0 Å². The highest BCUT2D eigenvalue weighted by molar-refractivity contribution is 6.06. The maximum absolute atomic E-state index is 13.0. The molecule has 0 spiro atoms. The number of hydrogen-bond acceptors (Lipinski definition) is 7. The summed E-state index contributed by atoms with van der Waals surface area (Å²) in [6, 6.07) is 5.04. The molecule has 0 saturated carbocycles. The quantitative estimate of drug-likeness (QED) is 0.406. The van der Waals surface area contributed by atoms with Crippen molar-refractivity contribution in [3.63, 3.8) is 0 Å². The number of hydrogen-bond donors (Lipinski definition) is 2. The Labute approximate surface area is 218 Å². The van der Waals surface area contributed by atoms with E-state index in [1.165, 1.54) is 0 Å². The number of carbonyl (C=O) groups excluding carboxylic acids is 4. The van der Waals surface area contributed by atoms with Crippen molar-refractivity contribution in [2.45, 2.75) is 71.1 Å². The average molecular weight is 514 g/mol. The number of anilines is 1. The first-order valence-electron chi connectivity index (χ1n) is 13.3. The molecular formula is C27H39N5O5. The maximum atomic E-state index is 13.0. The first kappa shape index (κ1) is 26.9. The fourth-order valence-corrected chi connectivity index (χ4v) is 5.09. The normalized spacial score (nSPS) is 20.6. The van der Waals surface area contributed by atoms with Crippen molar-refractivity contribution in [2.75, 3.05) is 44.6 Å². The van der Waals surface area contributed by atoms with Crippen LogP contribution in [0, 0.1) is 0 Å². The third-order valence-electron chi connectivity index (χ3n) is 7.07. The second-order valence-corrected chi connectivity index (χ2v) is 11.0. The van der Waals surface area contributed by atoms with Crippen LogP contribution < -0.4 is 10.6 Å². The molecule has 3 aliphatic heterocycles. The van der Waals surface area contributed by atoms with Crippen LogP contribution in [0.25, 0.3) is 0 Å². The topological polar surface area (TPSA) is 111 Å². The van der Waals surface area contributed by atoms with Crippen molar-refractivity contribution in [1.82, 2.24) is 20.0 Å². The second-order valence-electron chi connectivity index (χ2n) is 11.0. The molecule has 2 fully saturated rings. The van der Waals surface area contributed by atoms with Crippen LogP contribution in [-0.4, -0.2) is 89.4 Å². The maximum Gasteiger partial charge on any atom is 0.410 e. The molecule has 4 amide bonds. The van der Waals surface area contributed by atoms with Gasteiger partial charge in [0.15, 0.2) is 0 Å². The van der Waals surface area contributed by atoms with E-state index in [2.05, 4.69) is 15.5 Å². The standard InChI is InChI=1S/C27H39N5O5/c1-27(2,3)37-26(36)31-16-14-30(15-17-31)13-6-4-5-12-28-21-9-7-8-19-20(21)18-32(25(19)35)22-10-11-23(33)29-24(22)34/h7-9,22,28H,4-6,10-18H2,1-3H3,(H,29,33,34). The molecule has 10 heteroatoms. The van der Waals surface area contributed by atoms with Gasteiger partial charge in [-0.25, -0.2) is 4.79 Å². The van der Waals surface area contributed by atoms with E-state index < -0.39 is 17.6 Å². The van der Waals surface area contributed by atoms with E-state index in [1.807, 2.05) is 32.9 Å². The van der Waals surface area contributed by atoms with Gasteiger partial charge in [-0.3, -0.25) is 24.6 Å². The summed E-state index contributed by atoms with van der Waals surface area (Å²) in [5.41, 5.74) is 2.00. The molecule has 1 atom stereocenters. The number of ether oxygens (including phenoxy) is 1. The van der Waals surface area contributed by atoms with Gasteiger partial charge in [0.1, 0.15) is 11.6 Å². The summed E-state index contributed by atoms with van der Waals surface area (Å²) >= 11 is 0. The minimum absolute atomic E-state index is 0.153. The van der Waals surface area contributed by atoms with Gasteiger partial charge in [-0.1, -0.05) is 12.5 Å². The third-order valence-corrected chi connectivity index (χ3v) is 7.07. The smallest absolute Gasteiger partial charge is 0.410 e. The van der Waals surface area contributed by atoms with Crippen LogP contribution in [0.1, 0.15) is 68.8 Å². The predicted octanol–water partition coefficient (Wildman–Crippen LogP) is 2.58. The summed E-state index contributed by atoms with van der Waals surface area (Å²) < 4.78 is 5.46. The van der Waals surface area contributed by atoms with E-state index in [4.69, 9.17) is 4.74 Å². The summed E-state index contributed by atoms with van der Waals surface area (Å²) in [7, 11) is 0. The highest BCUT2D eigenvalue weighted by Crippen LogP contribution is 2.32. The highest BCUT2D eigenvalue weighted by Gasteiger charge is 2.39. The SMILES string of the molecule is CC(C)(C)OC(=O)N1CCN(CCCCCNc2cccc3c2CN(C2CCC(=O)NC2=O)C3=O)CC1. The number of rotatable bonds is 8. The number of carbonyl (C=O) groups is 4. The van der Waals surface area contributed by atoms with Crippen LogP contribution in [0.5, 0.6) is 0 Å². The van der Waals surface area contributed by atoms with Gasteiger partial charge in [-0.15, -0.1) is 0 Å². The molecular weight excluding hydrogens is 474 g/mol. The van der Waals surface area contributed by atoms with Crippen LogP contribution in [0.15, 0.2) is 18.2 Å². The minimum atomic E-state index is -0.601. The lowest BCUT2D eigenvalue weighted by Gasteiger charge is -2.35. The van der Waals surface area contributed by atoms with Crippen molar-refractivity contribution in [3.8, 4) is 0 Å². The van der Waals surface area contributed by atoms with E-state index in [1.54, 1.807) is 15.9 Å². The summed E-state index contributed by atoms with van der Waals surface area (Å²) in [4.78, 5) is 54.7. The van der Waals surface area contributed by atoms with Crippen molar-refractivity contribution in [2.24, 2.45) is 0 Å². The molecule has 2 N–H and O–H groups in total. The van der Waals surface area contributed by atoms with Gasteiger partial charge in [0.2, 0.25) is 11.8 Å². The Kier molecular flexibility index (Phi) is 8.36. The number of amides is 4. The zero-order valence-corrected chi connectivity index (χ0v) is 22.2. The fraction of sp³-hybridized carbons (Fsp3) is 0.630. The van der Waals surface area contributed by atoms with Crippen LogP contribution in [0.4, 0.5) is 10.5 Å². The molecule has 10 nitrogen and oxygen atoms in total. The van der Waals surface area contributed by atoms with Gasteiger partial charge in [-0.05, 0) is 58.7 Å². The second kappa shape index (κ2) is 11.5. The summed E-state index contributed by atoms with van der Waals surface area (Å²) in [6.07, 6.45) is 3.56. The van der Waals surface area contributed by atoms with Gasteiger partial charge >= 0.3 is 6.09 Å². The van der Waals surface area contributed by atoms with Gasteiger partial charge < -0.3 is 19.9 Å². The molecule has 37 heavy (non-hydrogen) atoms. The minimum Gasteiger partial charge on any atom is -0.444 e. The van der Waals surface area contributed by atoms with Crippen LogP contribution in [-0.2, 0) is 20.9 Å². The zero-order chi connectivity index (χ0) is 26.6. The van der Waals surface area contributed by atoms with E-state index >= 15 is 0 Å². The molecule has 2 saturated heterocycles. The van der Waals surface area contributed by atoms with E-state index in [-0.39, 0.29) is 24.3 Å². The van der Waals surface area contributed by atoms with E-state index in [0.29, 0.717) is 31.6 Å². The lowest BCUT2D eigenvalue weighted by atomic mass is 10.0. The summed E-state index contributed by atoms with van der Waals surface area (Å²) in [6.45, 7) is 11.0. The summed E-state index contributed by atoms with van der Waals surface area (Å²) in [5.74, 6) is -0.825. The molecule has 0 aliphatic carbocycles. The number of nitrogens with one attached hydrogen (secondary N) is 2. The molecule has 0 radical (unpaired) electrons. The van der Waals surface area contributed by atoms with E-state index in [0.717, 1.165) is 56.7 Å². The first-order chi connectivity index (χ1) is 17.6. The molecule has 1 unspecified atom stereocenters. The molecule has 1 aromatic rings. The Hall–Kier alpha value is -3.14. The van der Waals surface area contributed by atoms with Crippen molar-refractivity contribution in [3.05, 3.63) is 29.3 Å². The van der Waals surface area contributed by atoms with Crippen molar-refractivity contribution in [1.29, 1.82) is 0 Å². The van der Waals surface area contributed by atoms with Gasteiger partial charge in [0, 0.05) is 62.5 Å². The number of unbranched alkanes of at least 4 members (excludes halogenated alkanes) is 2. The van der Waals surface area contributed by atoms with Crippen molar-refractivity contribution >= 4 is 29.5 Å². The van der Waals surface area contributed by atoms with Gasteiger partial charge in [0.25, 0.3) is 5.91 Å². The largest absolute Gasteiger partial charge is 0.444 e. The number of imide groups is 1. The molecule has 3 heterocycles. The Morgan fingerprint density at radius 2 is 1.84 bits per heavy atom. The predicted molar refractivity (Wildman–Crippen MR) is 139 cm³/mol. The fourth-order valence-electron chi connectivity index (χ4n) is 5.09. The van der Waals surface area contributed by atoms with Crippen LogP contribution in [0.2, 0.25) is 0 Å². The number of piperidine rings is 1. The molecule has 3 aliphatic rings. The summed E-state index contributed by atoms with van der Waals surface area (Å²) in [5, 5.41) is 5.82. The highest BCUT2D eigenvalue weighted by atomic mass is 16.6. The zero-order valence-electron chi connectivity index (χ0n) is 22.2. The molecule has 0 aromatic heterocycles. The number of fused-ring (bicyclic) bond motifs is 1. The van der Waals surface area contributed by atoms with Crippen LogP contribution >= 0.6 is 0 Å². The molecule has 0 bridgehead atoms. The Bertz CT molecular complexity index is 1030.